The molecular weight excluding hydrogens is 348 g/mol. The number of nitro groups is 1. The number of hydrogen-bond donors (Lipinski definition) is 2. The largest absolute Gasteiger partial charge is 0.493 e. The number of carbonyl (C=O) groups is 2. The first-order valence-corrected chi connectivity index (χ1v) is 7.76. The topological polar surface area (TPSA) is 151 Å². The molecule has 2 unspecified atom stereocenters. The molecule has 0 aliphatic rings. The van der Waals surface area contributed by atoms with Crippen LogP contribution in [0.15, 0.2) is 18.2 Å². The molecular formula is C16H22N2O8. The second-order valence-corrected chi connectivity index (χ2v) is 5.53. The van der Waals surface area contributed by atoms with Gasteiger partial charge in [-0.05, 0) is 24.1 Å². The number of nitrogens with zero attached hydrogens (tertiary/aromatic N) is 1. The monoisotopic (exact) mass is 370 g/mol. The number of rotatable bonds is 10. The summed E-state index contributed by atoms with van der Waals surface area (Å²) in [5, 5.41) is 20.5. The van der Waals surface area contributed by atoms with Crippen molar-refractivity contribution in [3.63, 3.8) is 0 Å². The zero-order valence-electron chi connectivity index (χ0n) is 14.8. The van der Waals surface area contributed by atoms with Gasteiger partial charge < -0.3 is 25.1 Å². The highest BCUT2D eigenvalue weighted by molar-refractivity contribution is 6.04. The molecule has 0 saturated heterocycles. The fourth-order valence-corrected chi connectivity index (χ4v) is 2.38. The van der Waals surface area contributed by atoms with Gasteiger partial charge in [0.25, 0.3) is 11.6 Å². The van der Waals surface area contributed by atoms with Crippen molar-refractivity contribution in [3.05, 3.63) is 33.9 Å². The normalized spacial score (nSPS) is 14.0. The third-order valence-corrected chi connectivity index (χ3v) is 3.85. The molecule has 0 amide bonds. The van der Waals surface area contributed by atoms with Crippen molar-refractivity contribution in [2.24, 2.45) is 5.73 Å². The van der Waals surface area contributed by atoms with E-state index in [4.69, 9.17) is 19.9 Å². The number of hydrogen-bond acceptors (Lipinski definition) is 8. The minimum Gasteiger partial charge on any atom is -0.493 e. The predicted molar refractivity (Wildman–Crippen MR) is 89.6 cm³/mol. The van der Waals surface area contributed by atoms with Crippen LogP contribution in [0.4, 0.5) is 0 Å². The summed E-state index contributed by atoms with van der Waals surface area (Å²) < 4.78 is 15.2. The van der Waals surface area contributed by atoms with Crippen molar-refractivity contribution in [1.29, 1.82) is 0 Å². The van der Waals surface area contributed by atoms with Gasteiger partial charge in [0, 0.05) is 11.3 Å². The Hall–Kier alpha value is -2.88. The minimum absolute atomic E-state index is 0.179. The van der Waals surface area contributed by atoms with Crippen LogP contribution in [-0.2, 0) is 20.9 Å². The van der Waals surface area contributed by atoms with Crippen LogP contribution < -0.4 is 15.2 Å². The molecule has 0 aliphatic carbocycles. The summed E-state index contributed by atoms with van der Waals surface area (Å²) >= 11 is 0. The highest BCUT2D eigenvalue weighted by atomic mass is 16.6. The maximum atomic E-state index is 12.3. The summed E-state index contributed by atoms with van der Waals surface area (Å²) in [5.74, 6) is -2.36. The number of carboxylic acids is 1. The van der Waals surface area contributed by atoms with Gasteiger partial charge in [-0.1, -0.05) is 13.0 Å². The highest BCUT2D eigenvalue weighted by Crippen LogP contribution is 2.28. The molecule has 144 valence electrons. The summed E-state index contributed by atoms with van der Waals surface area (Å²) in [7, 11) is 2.88. The number of ether oxygens (including phenoxy) is 3. The number of methoxy groups -OCH3 is 2. The second-order valence-electron chi connectivity index (χ2n) is 5.53. The molecule has 0 spiro atoms. The van der Waals surface area contributed by atoms with E-state index in [0.717, 1.165) is 0 Å². The van der Waals surface area contributed by atoms with Crippen molar-refractivity contribution < 1.29 is 33.8 Å². The molecule has 0 saturated carbocycles. The number of aliphatic carboxylic acids is 1. The van der Waals surface area contributed by atoms with E-state index in [1.807, 2.05) is 0 Å². The van der Waals surface area contributed by atoms with Crippen LogP contribution in [-0.4, -0.2) is 47.8 Å². The lowest BCUT2D eigenvalue weighted by molar-refractivity contribution is -0.529. The van der Waals surface area contributed by atoms with Crippen molar-refractivity contribution in [1.82, 2.24) is 0 Å². The maximum absolute atomic E-state index is 12.3. The van der Waals surface area contributed by atoms with Crippen LogP contribution in [0, 0.1) is 10.1 Å². The molecule has 1 aromatic carbocycles. The van der Waals surface area contributed by atoms with Gasteiger partial charge in [-0.3, -0.25) is 10.1 Å². The van der Waals surface area contributed by atoms with Gasteiger partial charge in [0.05, 0.1) is 14.2 Å². The van der Waals surface area contributed by atoms with Gasteiger partial charge in [0.15, 0.2) is 11.5 Å². The Morgan fingerprint density at radius 1 is 1.31 bits per heavy atom. The molecule has 0 aromatic heterocycles. The Morgan fingerprint density at radius 2 is 1.92 bits per heavy atom. The maximum Gasteiger partial charge on any atom is 0.345 e. The molecule has 1 rings (SSSR count). The van der Waals surface area contributed by atoms with E-state index in [1.54, 1.807) is 19.1 Å². The van der Waals surface area contributed by atoms with E-state index in [9.17, 15) is 24.8 Å². The number of esters is 1. The zero-order valence-corrected chi connectivity index (χ0v) is 14.8. The average Bonchev–Trinajstić information content (AvgIpc) is 2.62. The lowest BCUT2D eigenvalue weighted by atomic mass is 9.88. The molecule has 26 heavy (non-hydrogen) atoms. The molecule has 0 radical (unpaired) electrons. The molecule has 2 atom stereocenters. The van der Waals surface area contributed by atoms with Crippen LogP contribution in [0.25, 0.3) is 0 Å². The summed E-state index contributed by atoms with van der Waals surface area (Å²) in [4.78, 5) is 34.1. The number of nitrogens with two attached hydrogens (primary N) is 1. The van der Waals surface area contributed by atoms with Crippen molar-refractivity contribution in [2.75, 3.05) is 14.2 Å². The fraction of sp³-hybridized carbons (Fsp3) is 0.500. The average molecular weight is 370 g/mol. The Bertz CT molecular complexity index is 678. The lowest BCUT2D eigenvalue weighted by Gasteiger charge is -2.25. The van der Waals surface area contributed by atoms with Gasteiger partial charge in [-0.2, -0.15) is 0 Å². The highest BCUT2D eigenvalue weighted by Gasteiger charge is 2.57. The van der Waals surface area contributed by atoms with E-state index in [0.29, 0.717) is 17.1 Å². The summed E-state index contributed by atoms with van der Waals surface area (Å²) in [6.45, 7) is 1.29. The zero-order chi connectivity index (χ0) is 19.9. The van der Waals surface area contributed by atoms with Crippen LogP contribution >= 0.6 is 0 Å². The number of carboxylic acid groups (broad SMARTS) is 1. The van der Waals surface area contributed by atoms with Gasteiger partial charge >= 0.3 is 11.9 Å². The molecule has 10 heteroatoms. The third-order valence-electron chi connectivity index (χ3n) is 3.85. The SMILES string of the molecule is CCCC([N+](=O)[O-])C(N)(C(=O)O)C(=O)OCc1ccc(OC)c(OC)c1. The summed E-state index contributed by atoms with van der Waals surface area (Å²) in [6, 6.07) is 2.88. The van der Waals surface area contributed by atoms with E-state index in [1.165, 1.54) is 20.3 Å². The Labute approximate surface area is 150 Å². The molecule has 0 bridgehead atoms. The quantitative estimate of drug-likeness (QED) is 0.266. The van der Waals surface area contributed by atoms with E-state index in [2.05, 4.69) is 0 Å². The second kappa shape index (κ2) is 8.99. The Balaban J connectivity index is 3.01. The molecule has 0 aliphatic heterocycles. The smallest absolute Gasteiger partial charge is 0.345 e. The van der Waals surface area contributed by atoms with Gasteiger partial charge in [0.1, 0.15) is 6.61 Å². The third kappa shape index (κ3) is 4.39. The van der Waals surface area contributed by atoms with E-state index in [-0.39, 0.29) is 19.4 Å². The van der Waals surface area contributed by atoms with Crippen LogP contribution in [0.1, 0.15) is 25.3 Å². The number of carbonyl (C=O) groups excluding carboxylic acids is 1. The minimum atomic E-state index is -2.78. The molecule has 3 N–H and O–H groups in total. The first kappa shape index (κ1) is 21.2. The van der Waals surface area contributed by atoms with Gasteiger partial charge in [-0.25, -0.2) is 9.59 Å². The van der Waals surface area contributed by atoms with Crippen LogP contribution in [0.2, 0.25) is 0 Å². The van der Waals surface area contributed by atoms with Crippen molar-refractivity contribution >= 4 is 11.9 Å². The molecule has 10 nitrogen and oxygen atoms in total. The standard InChI is InChI=1S/C16H22N2O8/c1-4-5-13(18(22)23)16(17,14(19)20)15(21)26-9-10-6-7-11(24-2)12(8-10)25-3/h6-8,13H,4-5,9,17H2,1-3H3,(H,19,20). The van der Waals surface area contributed by atoms with Crippen molar-refractivity contribution in [3.8, 4) is 11.5 Å². The van der Waals surface area contributed by atoms with Crippen LogP contribution in [0.5, 0.6) is 11.5 Å². The Morgan fingerprint density at radius 3 is 2.38 bits per heavy atom. The molecule has 0 heterocycles. The summed E-state index contributed by atoms with van der Waals surface area (Å²) in [6.07, 6.45) is 0.0993. The fourth-order valence-electron chi connectivity index (χ4n) is 2.38. The van der Waals surface area contributed by atoms with Gasteiger partial charge in [0.2, 0.25) is 0 Å². The van der Waals surface area contributed by atoms with Crippen LogP contribution in [0.3, 0.4) is 0 Å². The molecule has 1 aromatic rings. The predicted octanol–water partition coefficient (Wildman–Crippen LogP) is 0.975. The first-order chi connectivity index (χ1) is 12.2. The van der Waals surface area contributed by atoms with E-state index >= 15 is 0 Å². The van der Waals surface area contributed by atoms with Crippen molar-refractivity contribution in [2.45, 2.75) is 38.0 Å². The van der Waals surface area contributed by atoms with Gasteiger partial charge in [-0.15, -0.1) is 0 Å². The Kier molecular flexibility index (Phi) is 7.32. The summed E-state index contributed by atoms with van der Waals surface area (Å²) in [5.41, 5.74) is 3.31. The first-order valence-electron chi connectivity index (χ1n) is 7.76. The van der Waals surface area contributed by atoms with E-state index < -0.39 is 28.4 Å². The number of benzene rings is 1. The molecule has 0 fully saturated rings. The lowest BCUT2D eigenvalue weighted by Crippen LogP contribution is -2.65.